The zero-order chi connectivity index (χ0) is 24.7. The topological polar surface area (TPSA) is 36.1 Å². The molecule has 0 saturated carbocycles. The van der Waals surface area contributed by atoms with Gasteiger partial charge in [-0.15, -0.1) is 0 Å². The first-order valence-electron chi connectivity index (χ1n) is 11.8. The van der Waals surface area contributed by atoms with E-state index in [9.17, 15) is 13.2 Å². The Morgan fingerprint density at radius 1 is 1.09 bits per heavy atom. The standard InChI is InChI=1S/C28H34F3N3/c1-5-6-15-33-27-17-23(24-16-19(2)34-20(3)25(24)18-32-4)14-13-22(27)12-11-21-9-7-8-10-26(21)28(29,30)31/h7-10,13-14,17-18,24,32-34H,2-3,5-6,11-12,15-16H2,1,4H3/b25-18+. The van der Waals surface area contributed by atoms with Crippen molar-refractivity contribution in [2.45, 2.75) is 51.1 Å². The summed E-state index contributed by atoms with van der Waals surface area (Å²) in [6.07, 6.45) is 1.28. The summed E-state index contributed by atoms with van der Waals surface area (Å²) >= 11 is 0. The van der Waals surface area contributed by atoms with Gasteiger partial charge in [0.15, 0.2) is 0 Å². The molecule has 0 spiro atoms. The Hall–Kier alpha value is -3.15. The molecule has 1 atom stereocenters. The van der Waals surface area contributed by atoms with Gasteiger partial charge in [-0.3, -0.25) is 0 Å². The third kappa shape index (κ3) is 6.25. The number of benzene rings is 2. The molecular weight excluding hydrogens is 435 g/mol. The number of halogens is 3. The van der Waals surface area contributed by atoms with Crippen LogP contribution in [0.2, 0.25) is 0 Å². The van der Waals surface area contributed by atoms with E-state index in [1.807, 2.05) is 19.3 Å². The number of nitrogens with one attached hydrogen (secondary N) is 3. The molecule has 3 nitrogen and oxygen atoms in total. The first-order valence-corrected chi connectivity index (χ1v) is 11.8. The van der Waals surface area contributed by atoms with Crippen LogP contribution in [-0.2, 0) is 19.0 Å². The van der Waals surface area contributed by atoms with Crippen LogP contribution in [0.4, 0.5) is 18.9 Å². The van der Waals surface area contributed by atoms with Crippen LogP contribution in [0.3, 0.4) is 0 Å². The largest absolute Gasteiger partial charge is 0.416 e. The second-order valence-electron chi connectivity index (χ2n) is 8.70. The van der Waals surface area contributed by atoms with Crippen LogP contribution in [-0.4, -0.2) is 13.6 Å². The minimum atomic E-state index is -4.35. The lowest BCUT2D eigenvalue weighted by Crippen LogP contribution is -2.25. The summed E-state index contributed by atoms with van der Waals surface area (Å²) in [5.74, 6) is 0.0976. The normalized spacial score (nSPS) is 17.6. The summed E-state index contributed by atoms with van der Waals surface area (Å²) in [5.41, 5.74) is 5.70. The molecule has 3 N–H and O–H groups in total. The van der Waals surface area contributed by atoms with Gasteiger partial charge in [0.05, 0.1) is 5.56 Å². The molecule has 182 valence electrons. The van der Waals surface area contributed by atoms with Crippen molar-refractivity contribution in [3.05, 3.63) is 101 Å². The molecule has 3 rings (SSSR count). The maximum atomic E-state index is 13.4. The van der Waals surface area contributed by atoms with Gasteiger partial charge in [0.25, 0.3) is 0 Å². The molecule has 0 bridgehead atoms. The molecular formula is C28H34F3N3. The predicted octanol–water partition coefficient (Wildman–Crippen LogP) is 6.91. The molecule has 2 aromatic carbocycles. The van der Waals surface area contributed by atoms with Crippen LogP contribution in [0.1, 0.15) is 54.4 Å². The molecule has 1 fully saturated rings. The number of allylic oxidation sites excluding steroid dienone is 2. The molecule has 1 unspecified atom stereocenters. The minimum absolute atomic E-state index is 0.0976. The quantitative estimate of drug-likeness (QED) is 0.349. The molecule has 2 aromatic rings. The molecule has 0 amide bonds. The number of rotatable bonds is 9. The summed E-state index contributed by atoms with van der Waals surface area (Å²) in [5, 5.41) is 9.87. The Kier molecular flexibility index (Phi) is 8.48. The van der Waals surface area contributed by atoms with Crippen molar-refractivity contribution in [2.75, 3.05) is 18.9 Å². The summed E-state index contributed by atoms with van der Waals surface area (Å²) in [4.78, 5) is 0. The Labute approximate surface area is 200 Å². The van der Waals surface area contributed by atoms with Gasteiger partial charge in [0.2, 0.25) is 0 Å². The van der Waals surface area contributed by atoms with E-state index in [1.54, 1.807) is 12.1 Å². The van der Waals surface area contributed by atoms with Crippen molar-refractivity contribution >= 4 is 5.69 Å². The monoisotopic (exact) mass is 469 g/mol. The van der Waals surface area contributed by atoms with E-state index < -0.39 is 11.7 Å². The van der Waals surface area contributed by atoms with E-state index in [1.165, 1.54) is 6.07 Å². The Morgan fingerprint density at radius 2 is 1.82 bits per heavy atom. The van der Waals surface area contributed by atoms with Crippen molar-refractivity contribution in [2.24, 2.45) is 0 Å². The van der Waals surface area contributed by atoms with E-state index in [0.717, 1.165) is 65.7 Å². The molecule has 1 aliphatic heterocycles. The van der Waals surface area contributed by atoms with Crippen molar-refractivity contribution in [1.82, 2.24) is 10.6 Å². The zero-order valence-electron chi connectivity index (χ0n) is 20.0. The second kappa shape index (κ2) is 11.3. The lowest BCUT2D eigenvalue weighted by atomic mass is 9.82. The van der Waals surface area contributed by atoms with Crippen LogP contribution in [0.15, 0.2) is 78.8 Å². The third-order valence-electron chi connectivity index (χ3n) is 6.17. The van der Waals surface area contributed by atoms with Gasteiger partial charge in [0.1, 0.15) is 0 Å². The molecule has 1 saturated heterocycles. The highest BCUT2D eigenvalue weighted by molar-refractivity contribution is 5.57. The molecule has 0 radical (unpaired) electrons. The maximum Gasteiger partial charge on any atom is 0.416 e. The van der Waals surface area contributed by atoms with E-state index in [-0.39, 0.29) is 5.92 Å². The van der Waals surface area contributed by atoms with Crippen LogP contribution < -0.4 is 16.0 Å². The number of aryl methyl sites for hydroxylation is 2. The van der Waals surface area contributed by atoms with Gasteiger partial charge in [0, 0.05) is 42.8 Å². The van der Waals surface area contributed by atoms with Crippen molar-refractivity contribution in [3.8, 4) is 0 Å². The van der Waals surface area contributed by atoms with Gasteiger partial charge in [-0.25, -0.2) is 0 Å². The maximum absolute atomic E-state index is 13.4. The van der Waals surface area contributed by atoms with Crippen LogP contribution >= 0.6 is 0 Å². The number of hydrogen-bond donors (Lipinski definition) is 3. The van der Waals surface area contributed by atoms with Crippen molar-refractivity contribution in [3.63, 3.8) is 0 Å². The first kappa shape index (κ1) is 25.5. The summed E-state index contributed by atoms with van der Waals surface area (Å²) < 4.78 is 40.3. The molecule has 34 heavy (non-hydrogen) atoms. The highest BCUT2D eigenvalue weighted by Gasteiger charge is 2.32. The SMILES string of the molecule is C=C1CC(c2ccc(CCc3ccccc3C(F)(F)F)c(NCCCC)c2)/C(=C/NC)C(=C)N1. The second-order valence-corrected chi connectivity index (χ2v) is 8.70. The predicted molar refractivity (Wildman–Crippen MR) is 135 cm³/mol. The lowest BCUT2D eigenvalue weighted by Gasteiger charge is -2.31. The smallest absolute Gasteiger partial charge is 0.394 e. The van der Waals surface area contributed by atoms with Crippen molar-refractivity contribution < 1.29 is 13.2 Å². The summed E-state index contributed by atoms with van der Waals surface area (Å²) in [6.45, 7) is 11.2. The lowest BCUT2D eigenvalue weighted by molar-refractivity contribution is -0.138. The average Bonchev–Trinajstić information content (AvgIpc) is 2.79. The summed E-state index contributed by atoms with van der Waals surface area (Å²) in [7, 11) is 1.86. The number of unbranched alkanes of at least 4 members (excludes halogenated alkanes) is 1. The summed E-state index contributed by atoms with van der Waals surface area (Å²) in [6, 6.07) is 12.1. The fourth-order valence-corrected chi connectivity index (χ4v) is 4.42. The highest BCUT2D eigenvalue weighted by Crippen LogP contribution is 2.39. The zero-order valence-corrected chi connectivity index (χ0v) is 20.0. The number of hydrogen-bond acceptors (Lipinski definition) is 3. The van der Waals surface area contributed by atoms with E-state index in [0.29, 0.717) is 18.4 Å². The van der Waals surface area contributed by atoms with E-state index in [2.05, 4.69) is 48.2 Å². The van der Waals surface area contributed by atoms with Crippen molar-refractivity contribution in [1.29, 1.82) is 0 Å². The molecule has 0 aromatic heterocycles. The van der Waals surface area contributed by atoms with Gasteiger partial charge in [-0.2, -0.15) is 13.2 Å². The third-order valence-corrected chi connectivity index (χ3v) is 6.17. The minimum Gasteiger partial charge on any atom is -0.394 e. The van der Waals surface area contributed by atoms with Crippen LogP contribution in [0.5, 0.6) is 0 Å². The molecule has 1 heterocycles. The van der Waals surface area contributed by atoms with E-state index >= 15 is 0 Å². The number of alkyl halides is 3. The van der Waals surface area contributed by atoms with Crippen LogP contribution in [0.25, 0.3) is 0 Å². The fourth-order valence-electron chi connectivity index (χ4n) is 4.42. The van der Waals surface area contributed by atoms with Gasteiger partial charge >= 0.3 is 6.18 Å². The van der Waals surface area contributed by atoms with Gasteiger partial charge in [-0.1, -0.05) is 56.8 Å². The Bertz CT molecular complexity index is 1050. The number of anilines is 1. The average molecular weight is 470 g/mol. The molecule has 1 aliphatic rings. The fraction of sp³-hybridized carbons (Fsp3) is 0.357. The van der Waals surface area contributed by atoms with Gasteiger partial charge in [-0.05, 0) is 60.1 Å². The molecule has 6 heteroatoms. The molecule has 0 aliphatic carbocycles. The van der Waals surface area contributed by atoms with Gasteiger partial charge < -0.3 is 16.0 Å². The Morgan fingerprint density at radius 3 is 2.53 bits per heavy atom. The first-order chi connectivity index (χ1) is 16.2. The van der Waals surface area contributed by atoms with E-state index in [4.69, 9.17) is 0 Å². The highest BCUT2D eigenvalue weighted by atomic mass is 19.4. The number of piperidine rings is 1. The van der Waals surface area contributed by atoms with Crippen LogP contribution in [0, 0.1) is 0 Å². The Balaban J connectivity index is 1.91.